The van der Waals surface area contributed by atoms with Crippen LogP contribution >= 0.6 is 23.4 Å². The minimum Gasteiger partial charge on any atom is -0.267 e. The Kier molecular flexibility index (Phi) is 4.95. The monoisotopic (exact) mass is 257 g/mol. The highest BCUT2D eigenvalue weighted by Crippen LogP contribution is 2.16. The zero-order chi connectivity index (χ0) is 12.0. The van der Waals surface area contributed by atoms with E-state index in [-0.39, 0.29) is 5.03 Å². The fourth-order valence-corrected chi connectivity index (χ4v) is 1.10. The molecule has 0 radical (unpaired) electrons. The Morgan fingerprint density at radius 2 is 1.94 bits per heavy atom. The molecule has 0 fully saturated rings. The fourth-order valence-electron chi connectivity index (χ4n) is 0.877. The van der Waals surface area contributed by atoms with Crippen LogP contribution in [0.5, 0.6) is 0 Å². The summed E-state index contributed by atoms with van der Waals surface area (Å²) in [6, 6.07) is 9.11. The second-order valence-corrected chi connectivity index (χ2v) is 3.43. The first-order chi connectivity index (χ1) is 7.65. The number of nitrogens with zero attached hydrogens (tertiary/aromatic N) is 2. The molecule has 0 heterocycles. The zero-order valence-electron chi connectivity index (χ0n) is 8.45. The predicted octanol–water partition coefficient (Wildman–Crippen LogP) is 3.51. The second-order valence-electron chi connectivity index (χ2n) is 2.86. The van der Waals surface area contributed by atoms with Gasteiger partial charge in [-0.3, -0.25) is 9.63 Å². The summed E-state index contributed by atoms with van der Waals surface area (Å²) in [4.78, 5) is 12.9. The van der Waals surface area contributed by atoms with E-state index in [9.17, 15) is 4.79 Å². The number of nitrogens with one attached hydrogen (secondary N) is 1. The molecular formula is C10H9Cl2N3O. The van der Waals surface area contributed by atoms with Crippen molar-refractivity contribution in [1.82, 2.24) is 4.84 Å². The van der Waals surface area contributed by atoms with Crippen LogP contribution in [-0.4, -0.2) is 5.91 Å². The number of halogens is 2. The zero-order valence-corrected chi connectivity index (χ0v) is 9.96. The van der Waals surface area contributed by atoms with Crippen LogP contribution in [0.25, 0.3) is 0 Å². The third kappa shape index (κ3) is 3.64. The maximum Gasteiger partial charge on any atom is 0.279 e. The Hall–Kier alpha value is -1.39. The topological polar surface area (TPSA) is 53.8 Å². The molecule has 1 rings (SSSR count). The molecule has 0 saturated heterocycles. The maximum atomic E-state index is 11.0. The van der Waals surface area contributed by atoms with Crippen LogP contribution in [-0.2, 0) is 4.79 Å². The van der Waals surface area contributed by atoms with Crippen LogP contribution in [0.15, 0.2) is 51.3 Å². The van der Waals surface area contributed by atoms with Gasteiger partial charge < -0.3 is 0 Å². The van der Waals surface area contributed by atoms with Gasteiger partial charge in [0.05, 0.1) is 11.4 Å². The summed E-state index contributed by atoms with van der Waals surface area (Å²) in [6.07, 6.45) is 0. The summed E-state index contributed by atoms with van der Waals surface area (Å²) in [5.41, 5.74) is 0.973. The summed E-state index contributed by atoms with van der Waals surface area (Å²) in [5, 5.41) is 7.63. The molecule has 4 nitrogen and oxygen atoms in total. The normalized spacial score (nSPS) is 12.4. The standard InChI is InChI=1S/C10H9Cl2N3O/c1-7(9(11)10(16)13-12)14-15-8-5-3-2-4-6-8/h2-6H,1H3,(H,13,16)/b9-7+,15-14?. The molecule has 0 unspecified atom stereocenters. The van der Waals surface area contributed by atoms with E-state index in [0.29, 0.717) is 11.4 Å². The molecule has 0 saturated carbocycles. The molecule has 0 aliphatic rings. The van der Waals surface area contributed by atoms with Crippen molar-refractivity contribution in [2.24, 2.45) is 10.2 Å². The van der Waals surface area contributed by atoms with Crippen LogP contribution < -0.4 is 4.84 Å². The Labute approximate surface area is 103 Å². The lowest BCUT2D eigenvalue weighted by Gasteiger charge is -1.97. The van der Waals surface area contributed by atoms with Crippen molar-refractivity contribution in [2.75, 3.05) is 0 Å². The quantitative estimate of drug-likeness (QED) is 0.503. The number of hydrogen-bond donors (Lipinski definition) is 1. The van der Waals surface area contributed by atoms with E-state index >= 15 is 0 Å². The molecule has 1 aromatic rings. The van der Waals surface area contributed by atoms with E-state index in [2.05, 4.69) is 10.2 Å². The van der Waals surface area contributed by atoms with Crippen molar-refractivity contribution in [1.29, 1.82) is 0 Å². The van der Waals surface area contributed by atoms with E-state index in [1.54, 1.807) is 19.1 Å². The van der Waals surface area contributed by atoms with Gasteiger partial charge in [-0.15, -0.1) is 0 Å². The van der Waals surface area contributed by atoms with E-state index in [0.717, 1.165) is 0 Å². The first-order valence-corrected chi connectivity index (χ1v) is 5.15. The van der Waals surface area contributed by atoms with E-state index in [4.69, 9.17) is 23.4 Å². The van der Waals surface area contributed by atoms with Gasteiger partial charge in [-0.2, -0.15) is 10.2 Å². The lowest BCUT2D eigenvalue weighted by Crippen LogP contribution is -2.12. The minimum absolute atomic E-state index is 0.0883. The molecule has 16 heavy (non-hydrogen) atoms. The van der Waals surface area contributed by atoms with Gasteiger partial charge in [-0.1, -0.05) is 29.8 Å². The van der Waals surface area contributed by atoms with Crippen molar-refractivity contribution in [2.45, 2.75) is 6.92 Å². The number of allylic oxidation sites excluding steroid dienone is 1. The Bertz CT molecular complexity index is 429. The van der Waals surface area contributed by atoms with Gasteiger partial charge in [0.1, 0.15) is 5.03 Å². The maximum absolute atomic E-state index is 11.0. The molecule has 0 aromatic heterocycles. The number of rotatable bonds is 3. The molecule has 1 amide bonds. The highest BCUT2D eigenvalue weighted by atomic mass is 35.5. The molecular weight excluding hydrogens is 249 g/mol. The molecule has 1 N–H and O–H groups in total. The van der Waals surface area contributed by atoms with Crippen LogP contribution in [0.4, 0.5) is 5.69 Å². The third-order valence-corrected chi connectivity index (χ3v) is 2.29. The van der Waals surface area contributed by atoms with Gasteiger partial charge in [0.15, 0.2) is 0 Å². The van der Waals surface area contributed by atoms with Crippen molar-refractivity contribution in [3.8, 4) is 0 Å². The molecule has 0 aliphatic carbocycles. The van der Waals surface area contributed by atoms with E-state index in [1.807, 2.05) is 23.0 Å². The smallest absolute Gasteiger partial charge is 0.267 e. The van der Waals surface area contributed by atoms with Gasteiger partial charge >= 0.3 is 0 Å². The van der Waals surface area contributed by atoms with Crippen LogP contribution in [0.2, 0.25) is 0 Å². The largest absolute Gasteiger partial charge is 0.279 e. The number of amides is 1. The van der Waals surface area contributed by atoms with E-state index < -0.39 is 5.91 Å². The summed E-state index contributed by atoms with van der Waals surface area (Å²) in [6.45, 7) is 1.57. The Morgan fingerprint density at radius 3 is 2.50 bits per heavy atom. The van der Waals surface area contributed by atoms with Crippen LogP contribution in [0, 0.1) is 0 Å². The summed E-state index contributed by atoms with van der Waals surface area (Å²) in [7, 11) is 0. The van der Waals surface area contributed by atoms with E-state index in [1.165, 1.54) is 0 Å². The number of azo groups is 1. The molecule has 0 atom stereocenters. The number of carbonyl (C=O) groups excluding carboxylic acids is 1. The summed E-state index contributed by atoms with van der Waals surface area (Å²) in [5.74, 6) is -0.604. The summed E-state index contributed by atoms with van der Waals surface area (Å²) >= 11 is 10.8. The second kappa shape index (κ2) is 6.25. The van der Waals surface area contributed by atoms with Gasteiger partial charge in [0, 0.05) is 11.8 Å². The highest BCUT2D eigenvalue weighted by molar-refractivity contribution is 6.45. The van der Waals surface area contributed by atoms with Crippen molar-refractivity contribution in [3.63, 3.8) is 0 Å². The predicted molar refractivity (Wildman–Crippen MR) is 63.5 cm³/mol. The molecule has 0 bridgehead atoms. The summed E-state index contributed by atoms with van der Waals surface area (Å²) < 4.78 is 0. The van der Waals surface area contributed by atoms with Gasteiger partial charge in [0.2, 0.25) is 0 Å². The number of benzene rings is 1. The molecule has 0 aliphatic heterocycles. The fraction of sp³-hybridized carbons (Fsp3) is 0.100. The average Bonchev–Trinajstić information content (AvgIpc) is 2.35. The Balaban J connectivity index is 2.82. The molecule has 0 spiro atoms. The van der Waals surface area contributed by atoms with Gasteiger partial charge in [-0.25, -0.2) is 0 Å². The average molecular weight is 258 g/mol. The lowest BCUT2D eigenvalue weighted by atomic mass is 10.3. The first kappa shape index (κ1) is 12.7. The number of carbonyl (C=O) groups is 1. The van der Waals surface area contributed by atoms with Crippen molar-refractivity contribution < 1.29 is 4.79 Å². The van der Waals surface area contributed by atoms with Gasteiger partial charge in [0.25, 0.3) is 5.91 Å². The SMILES string of the molecule is C/C(N=Nc1ccccc1)=C(\Cl)C(=O)NCl. The first-order valence-electron chi connectivity index (χ1n) is 4.39. The van der Waals surface area contributed by atoms with Gasteiger partial charge in [-0.05, 0) is 19.1 Å². The van der Waals surface area contributed by atoms with Crippen LogP contribution in [0.3, 0.4) is 0 Å². The molecule has 6 heteroatoms. The molecule has 84 valence electrons. The Morgan fingerprint density at radius 1 is 1.31 bits per heavy atom. The van der Waals surface area contributed by atoms with Crippen molar-refractivity contribution in [3.05, 3.63) is 41.1 Å². The van der Waals surface area contributed by atoms with Crippen LogP contribution in [0.1, 0.15) is 6.92 Å². The highest BCUT2D eigenvalue weighted by Gasteiger charge is 2.08. The van der Waals surface area contributed by atoms with Crippen molar-refractivity contribution >= 4 is 35.0 Å². The number of hydrogen-bond acceptors (Lipinski definition) is 3. The third-order valence-electron chi connectivity index (χ3n) is 1.67. The lowest BCUT2D eigenvalue weighted by molar-refractivity contribution is -0.115. The molecule has 1 aromatic carbocycles. The minimum atomic E-state index is -0.604.